The van der Waals surface area contributed by atoms with Crippen molar-refractivity contribution in [2.45, 2.75) is 26.8 Å². The lowest BCUT2D eigenvalue weighted by Crippen LogP contribution is -2.27. The van der Waals surface area contributed by atoms with E-state index in [-0.39, 0.29) is 5.97 Å². The van der Waals surface area contributed by atoms with Crippen LogP contribution in [-0.4, -0.2) is 21.9 Å². The second kappa shape index (κ2) is 4.16. The van der Waals surface area contributed by atoms with E-state index >= 15 is 0 Å². The summed E-state index contributed by atoms with van der Waals surface area (Å²) in [4.78, 5) is 11.2. The van der Waals surface area contributed by atoms with Gasteiger partial charge in [-0.25, -0.2) is 4.79 Å². The number of carbonyl (C=O) groups is 1. The van der Waals surface area contributed by atoms with Gasteiger partial charge in [-0.3, -0.25) is 9.36 Å². The van der Waals surface area contributed by atoms with Crippen LogP contribution in [0.3, 0.4) is 0 Å². The first-order valence-corrected chi connectivity index (χ1v) is 4.60. The molecule has 1 aromatic rings. The molecule has 1 heterocycles. The third-order valence-electron chi connectivity index (χ3n) is 1.94. The molecule has 0 aliphatic carbocycles. The minimum Gasteiger partial charge on any atom is -0.461 e. The molecule has 4 nitrogen and oxygen atoms in total. The van der Waals surface area contributed by atoms with E-state index in [9.17, 15) is 4.79 Å². The summed E-state index contributed by atoms with van der Waals surface area (Å²) >= 11 is 0. The molecule has 13 heavy (non-hydrogen) atoms. The van der Waals surface area contributed by atoms with Gasteiger partial charge in [0.25, 0.3) is 0 Å². The highest BCUT2D eigenvalue weighted by Crippen LogP contribution is 2.06. The van der Waals surface area contributed by atoms with Gasteiger partial charge in [-0.2, -0.15) is 0 Å². The van der Waals surface area contributed by atoms with Crippen LogP contribution < -0.4 is 0 Å². The number of nitrogens with zero attached hydrogens (tertiary/aromatic N) is 2. The van der Waals surface area contributed by atoms with Gasteiger partial charge in [0.15, 0.2) is 5.69 Å². The quantitative estimate of drug-likeness (QED) is 0.663. The molecule has 1 aromatic heterocycles. The predicted octanol–water partition coefficient (Wildman–Crippen LogP) is 1.41. The summed E-state index contributed by atoms with van der Waals surface area (Å²) in [6, 6.07) is 0. The van der Waals surface area contributed by atoms with Crippen LogP contribution in [0.1, 0.15) is 30.8 Å². The number of esters is 1. The average molecular weight is 184 g/mol. The Labute approximate surface area is 78.1 Å². The molecule has 4 heteroatoms. The van der Waals surface area contributed by atoms with Crippen LogP contribution in [0.5, 0.6) is 0 Å². The second-order valence-electron chi connectivity index (χ2n) is 2.92. The van der Waals surface area contributed by atoms with Crippen molar-refractivity contribution in [1.29, 1.82) is 0 Å². The normalized spacial score (nSPS) is 10.4. The molecule has 0 atom stereocenters. The van der Waals surface area contributed by atoms with Crippen molar-refractivity contribution in [2.75, 3.05) is 6.61 Å². The number of hydrogen-bond donors (Lipinski definition) is 0. The number of rotatable bonds is 4. The molecule has 74 valence electrons. The molecule has 0 fully saturated rings. The molecule has 0 radical (unpaired) electrons. The smallest absolute Gasteiger partial charge is 0.358 e. The second-order valence-corrected chi connectivity index (χ2v) is 2.92. The SMILES string of the molecule is CCCn1cc(C(=O)OCC)n1C. The van der Waals surface area contributed by atoms with E-state index in [1.54, 1.807) is 6.92 Å². The number of hydrogen-bond acceptors (Lipinski definition) is 2. The van der Waals surface area contributed by atoms with Crippen LogP contribution in [0, 0.1) is 0 Å². The molecule has 0 N–H and O–H groups in total. The molecule has 1 rings (SSSR count). The van der Waals surface area contributed by atoms with Gasteiger partial charge in [0, 0.05) is 13.6 Å². The number of aromatic nitrogens is 2. The lowest BCUT2D eigenvalue weighted by atomic mass is 10.4. The van der Waals surface area contributed by atoms with Gasteiger partial charge < -0.3 is 4.74 Å². The number of ether oxygens (including phenoxy) is 1. The van der Waals surface area contributed by atoms with E-state index in [1.165, 1.54) is 0 Å². The Morgan fingerprint density at radius 2 is 2.23 bits per heavy atom. The molecular weight excluding hydrogens is 168 g/mol. The van der Waals surface area contributed by atoms with Gasteiger partial charge in [0.1, 0.15) is 0 Å². The van der Waals surface area contributed by atoms with Crippen molar-refractivity contribution in [3.05, 3.63) is 11.9 Å². The van der Waals surface area contributed by atoms with E-state index < -0.39 is 0 Å². The van der Waals surface area contributed by atoms with Gasteiger partial charge in [-0.1, -0.05) is 6.92 Å². The third-order valence-corrected chi connectivity index (χ3v) is 1.94. The van der Waals surface area contributed by atoms with E-state index in [4.69, 9.17) is 4.74 Å². The first kappa shape index (κ1) is 9.89. The minimum atomic E-state index is -0.239. The molecule has 0 aliphatic heterocycles. The van der Waals surface area contributed by atoms with Crippen molar-refractivity contribution in [3.8, 4) is 0 Å². The fourth-order valence-corrected chi connectivity index (χ4v) is 1.23. The average Bonchev–Trinajstić information content (AvgIpc) is 2.11. The summed E-state index contributed by atoms with van der Waals surface area (Å²) in [5, 5.41) is 0. The highest BCUT2D eigenvalue weighted by molar-refractivity contribution is 5.87. The highest BCUT2D eigenvalue weighted by Gasteiger charge is 2.15. The van der Waals surface area contributed by atoms with Crippen LogP contribution >= 0.6 is 0 Å². The molecule has 0 spiro atoms. The molecular formula is C9H16N2O2. The Hall–Kier alpha value is -1.19. The van der Waals surface area contributed by atoms with E-state index in [0.29, 0.717) is 12.3 Å². The lowest BCUT2D eigenvalue weighted by Gasteiger charge is -2.21. The summed E-state index contributed by atoms with van der Waals surface area (Å²) in [7, 11) is 1.86. The monoisotopic (exact) mass is 184 g/mol. The number of aryl methyl sites for hydroxylation is 1. The maximum Gasteiger partial charge on any atom is 0.358 e. The van der Waals surface area contributed by atoms with E-state index in [0.717, 1.165) is 13.0 Å². The minimum absolute atomic E-state index is 0.239. The van der Waals surface area contributed by atoms with Crippen molar-refractivity contribution in [3.63, 3.8) is 0 Å². The van der Waals surface area contributed by atoms with Crippen LogP contribution in [0.2, 0.25) is 0 Å². The summed E-state index contributed by atoms with van der Waals surface area (Å²) in [5.74, 6) is -0.239. The Kier molecular flexibility index (Phi) is 3.17. The Balaban J connectivity index is 2.60. The number of carbonyl (C=O) groups excluding carboxylic acids is 1. The summed E-state index contributed by atoms with van der Waals surface area (Å²) in [5.41, 5.74) is 0.635. The Morgan fingerprint density at radius 3 is 2.69 bits per heavy atom. The first-order valence-electron chi connectivity index (χ1n) is 4.60. The molecule has 0 saturated heterocycles. The van der Waals surface area contributed by atoms with Gasteiger partial charge >= 0.3 is 5.97 Å². The summed E-state index contributed by atoms with van der Waals surface area (Å²) in [6.07, 6.45) is 2.89. The topological polar surface area (TPSA) is 36.2 Å². The van der Waals surface area contributed by atoms with Gasteiger partial charge in [-0.05, 0) is 13.3 Å². The largest absolute Gasteiger partial charge is 0.461 e. The molecule has 0 amide bonds. The molecule has 0 bridgehead atoms. The van der Waals surface area contributed by atoms with Gasteiger partial charge in [0.2, 0.25) is 0 Å². The molecule has 0 aromatic carbocycles. The zero-order valence-corrected chi connectivity index (χ0v) is 8.41. The predicted molar refractivity (Wildman–Crippen MR) is 49.7 cm³/mol. The standard InChI is InChI=1S/C9H16N2O2/c1-4-6-11-7-8(10(11)3)9(12)13-5-2/h7H,4-6H2,1-3H3. The molecule has 0 saturated carbocycles. The van der Waals surface area contributed by atoms with Gasteiger partial charge in [0.05, 0.1) is 12.8 Å². The summed E-state index contributed by atoms with van der Waals surface area (Å²) < 4.78 is 8.68. The highest BCUT2D eigenvalue weighted by atomic mass is 16.5. The third kappa shape index (κ3) is 1.94. The maximum absolute atomic E-state index is 11.2. The van der Waals surface area contributed by atoms with Crippen molar-refractivity contribution in [1.82, 2.24) is 9.36 Å². The zero-order valence-electron chi connectivity index (χ0n) is 8.41. The van der Waals surface area contributed by atoms with Crippen molar-refractivity contribution in [2.24, 2.45) is 7.05 Å². The van der Waals surface area contributed by atoms with Crippen LogP contribution in [-0.2, 0) is 18.3 Å². The van der Waals surface area contributed by atoms with Crippen molar-refractivity contribution < 1.29 is 9.53 Å². The maximum atomic E-state index is 11.2. The molecule has 0 aliphatic rings. The first-order chi connectivity index (χ1) is 6.20. The van der Waals surface area contributed by atoms with E-state index in [1.807, 2.05) is 22.6 Å². The lowest BCUT2D eigenvalue weighted by molar-refractivity contribution is 0.0498. The summed E-state index contributed by atoms with van der Waals surface area (Å²) in [6.45, 7) is 5.28. The van der Waals surface area contributed by atoms with E-state index in [2.05, 4.69) is 6.92 Å². The fraction of sp³-hybridized carbons (Fsp3) is 0.667. The Bertz CT molecular complexity index is 286. The van der Waals surface area contributed by atoms with Crippen LogP contribution in [0.25, 0.3) is 0 Å². The molecule has 0 unspecified atom stereocenters. The van der Waals surface area contributed by atoms with Gasteiger partial charge in [-0.15, -0.1) is 0 Å². The van der Waals surface area contributed by atoms with Crippen LogP contribution in [0.15, 0.2) is 6.20 Å². The fourth-order valence-electron chi connectivity index (χ4n) is 1.23. The zero-order chi connectivity index (χ0) is 9.84. The van der Waals surface area contributed by atoms with Crippen molar-refractivity contribution >= 4 is 5.97 Å². The Morgan fingerprint density at radius 1 is 1.54 bits per heavy atom. The van der Waals surface area contributed by atoms with Crippen LogP contribution in [0.4, 0.5) is 0 Å².